The van der Waals surface area contributed by atoms with E-state index >= 15 is 0 Å². The smallest absolute Gasteiger partial charge is 0.477 e. The van der Waals surface area contributed by atoms with Crippen molar-refractivity contribution in [1.29, 1.82) is 0 Å². The first-order valence-corrected chi connectivity index (χ1v) is 24.0. The van der Waals surface area contributed by atoms with Gasteiger partial charge in [0.05, 0.1) is 11.2 Å². The molecule has 1 fully saturated rings. The number of nitrogens with zero attached hydrogens (tertiary/aromatic N) is 7. The fourth-order valence-electron chi connectivity index (χ4n) is 6.40. The first kappa shape index (κ1) is 57.0. The van der Waals surface area contributed by atoms with Crippen LogP contribution in [0.25, 0.3) is 0 Å². The third-order valence-corrected chi connectivity index (χ3v) is 11.5. The van der Waals surface area contributed by atoms with Gasteiger partial charge < -0.3 is 31.2 Å². The molecular weight excluding hydrogens is 1020 g/mol. The highest BCUT2D eigenvalue weighted by molar-refractivity contribution is 9.08. The van der Waals surface area contributed by atoms with E-state index in [4.69, 9.17) is 25.9 Å². The number of benzene rings is 3. The number of carboxylic acids is 1. The second-order valence-corrected chi connectivity index (χ2v) is 17.9. The van der Waals surface area contributed by atoms with Crippen molar-refractivity contribution in [3.05, 3.63) is 221 Å². The van der Waals surface area contributed by atoms with Gasteiger partial charge in [-0.05, 0) is 149 Å². The molecule has 1 amide bonds. The molecule has 9 rings (SSSR count). The molecule has 15 nitrogen and oxygen atoms in total. The lowest BCUT2D eigenvalue weighted by Gasteiger charge is -2.32. The minimum atomic E-state index is -1.02. The van der Waals surface area contributed by atoms with Crippen LogP contribution in [-0.4, -0.2) is 70.2 Å². The van der Waals surface area contributed by atoms with Gasteiger partial charge in [0.1, 0.15) is 52.2 Å². The SMILES string of the molecule is CC1(C)OB(c2ccc(N)nc2)OC1(C)C.Cc1nccc(C(=O)Nc2ccc(Cc3cccc(F)c3)cn2)n1.Cc1nccc(C(=O)O)n1.Fc1cccc(CBr)c1.Nc1ccc(Cc2cccc(F)c2)cn1. The average Bonchev–Trinajstić information content (AvgIpc) is 3.59. The molecule has 1 aliphatic heterocycles. The molecule has 3 aromatic carbocycles. The Balaban J connectivity index is 0.000000179. The molecule has 8 aromatic rings. The second-order valence-electron chi connectivity index (χ2n) is 17.4. The standard InChI is InChI=1S/C18H15FN4O.C12H11FN2.C11H17BN2O2.C7H6BrF.C6H6N2O2/c1-12-20-8-7-16(22-12)18(24)23-17-6-5-14(11-21-17)9-13-3-2-4-15(19)10-13;13-11-3-1-2-9(7-11)6-10-4-5-12(14)15-8-10;1-10(2)11(3,4)16-12(15-10)8-5-6-9(13)14-7-8;8-5-6-2-1-3-7(9)4-6;1-4-7-3-2-5(8-4)6(9)10/h2-8,10-11H,9H2,1H3,(H,21,23,24);1-5,7-8H,6H2,(H2,14,15);5-7H,1-4H3,(H2,13,14);1-4H,5H2;2-3H,1H3,(H,9,10). The summed E-state index contributed by atoms with van der Waals surface area (Å²) in [6, 6.07) is 33.2. The van der Waals surface area contributed by atoms with E-state index in [1.54, 1.807) is 74.9 Å². The Morgan fingerprint density at radius 1 is 0.595 bits per heavy atom. The van der Waals surface area contributed by atoms with Crippen LogP contribution in [0, 0.1) is 31.3 Å². The Morgan fingerprint density at radius 2 is 1.05 bits per heavy atom. The number of amides is 1. The van der Waals surface area contributed by atoms with Gasteiger partial charge in [0.15, 0.2) is 5.69 Å². The Kier molecular flexibility index (Phi) is 20.9. The largest absolute Gasteiger partial charge is 0.496 e. The van der Waals surface area contributed by atoms with Gasteiger partial charge in [0.25, 0.3) is 5.91 Å². The molecule has 0 saturated carbocycles. The maximum absolute atomic E-state index is 13.2. The first-order chi connectivity index (χ1) is 35.2. The number of pyridine rings is 3. The van der Waals surface area contributed by atoms with Crippen molar-refractivity contribution < 1.29 is 37.2 Å². The number of anilines is 3. The number of aryl methyl sites for hydroxylation is 2. The molecule has 20 heteroatoms. The summed E-state index contributed by atoms with van der Waals surface area (Å²) in [6.07, 6.45) is 9.26. The van der Waals surface area contributed by atoms with Crippen molar-refractivity contribution in [3.63, 3.8) is 0 Å². The van der Waals surface area contributed by atoms with Gasteiger partial charge in [-0.15, -0.1) is 0 Å². The van der Waals surface area contributed by atoms with E-state index in [2.05, 4.69) is 56.1 Å². The van der Waals surface area contributed by atoms with E-state index in [-0.39, 0.29) is 53.1 Å². The molecule has 0 spiro atoms. The van der Waals surface area contributed by atoms with Gasteiger partial charge >= 0.3 is 13.1 Å². The van der Waals surface area contributed by atoms with Gasteiger partial charge in [0, 0.05) is 41.8 Å². The summed E-state index contributed by atoms with van der Waals surface area (Å²) in [4.78, 5) is 50.0. The van der Waals surface area contributed by atoms with E-state index in [0.29, 0.717) is 47.3 Å². The number of hydrogen-bond donors (Lipinski definition) is 4. The summed E-state index contributed by atoms with van der Waals surface area (Å²) in [6.45, 7) is 11.5. The zero-order valence-electron chi connectivity index (χ0n) is 41.5. The van der Waals surface area contributed by atoms with Crippen molar-refractivity contribution in [1.82, 2.24) is 34.9 Å². The average molecular weight is 1070 g/mol. The Hall–Kier alpha value is -7.94. The van der Waals surface area contributed by atoms with Crippen LogP contribution in [0.3, 0.4) is 0 Å². The van der Waals surface area contributed by atoms with E-state index in [9.17, 15) is 22.8 Å². The monoisotopic (exact) mass is 1070 g/mol. The molecule has 1 saturated heterocycles. The molecule has 0 aliphatic carbocycles. The summed E-state index contributed by atoms with van der Waals surface area (Å²) < 4.78 is 50.2. The van der Waals surface area contributed by atoms with Crippen LogP contribution in [0.1, 0.15) is 88.1 Å². The lowest BCUT2D eigenvalue weighted by Crippen LogP contribution is -2.41. The highest BCUT2D eigenvalue weighted by Crippen LogP contribution is 2.36. The van der Waals surface area contributed by atoms with Gasteiger partial charge in [-0.25, -0.2) is 52.9 Å². The fourth-order valence-corrected chi connectivity index (χ4v) is 6.75. The maximum atomic E-state index is 13.2. The molecule has 382 valence electrons. The number of halogens is 4. The summed E-state index contributed by atoms with van der Waals surface area (Å²) in [7, 11) is -0.363. The number of aromatic nitrogens is 7. The molecule has 74 heavy (non-hydrogen) atoms. The predicted molar refractivity (Wildman–Crippen MR) is 283 cm³/mol. The molecule has 0 radical (unpaired) electrons. The minimum Gasteiger partial charge on any atom is -0.477 e. The van der Waals surface area contributed by atoms with Crippen LogP contribution in [0.2, 0.25) is 0 Å². The molecule has 0 bridgehead atoms. The van der Waals surface area contributed by atoms with Crippen molar-refractivity contribution in [2.24, 2.45) is 0 Å². The molecule has 0 atom stereocenters. The molecule has 6 N–H and O–H groups in total. The maximum Gasteiger partial charge on any atom is 0.496 e. The summed E-state index contributed by atoms with van der Waals surface area (Å²) in [5, 5.41) is 11.8. The highest BCUT2D eigenvalue weighted by atomic mass is 79.9. The number of carbonyl (C=O) groups excluding carboxylic acids is 1. The van der Waals surface area contributed by atoms with Crippen molar-refractivity contribution in [2.45, 2.75) is 70.9 Å². The van der Waals surface area contributed by atoms with Gasteiger partial charge in [0.2, 0.25) is 0 Å². The van der Waals surface area contributed by atoms with E-state index in [1.165, 1.54) is 54.9 Å². The van der Waals surface area contributed by atoms with Crippen LogP contribution in [0.5, 0.6) is 0 Å². The Morgan fingerprint density at radius 3 is 1.46 bits per heavy atom. The fraction of sp³-hybridized carbons (Fsp3) is 0.204. The number of carboxylic acid groups (broad SMARTS) is 1. The van der Waals surface area contributed by atoms with Gasteiger partial charge in [-0.2, -0.15) is 0 Å². The number of hydrogen-bond acceptors (Lipinski definition) is 13. The molecule has 6 heterocycles. The Bertz CT molecular complexity index is 3070. The van der Waals surface area contributed by atoms with E-state index in [0.717, 1.165) is 33.3 Å². The molecule has 0 unspecified atom stereocenters. The van der Waals surface area contributed by atoms with Crippen LogP contribution in [0.4, 0.5) is 30.6 Å². The number of aromatic carboxylic acids is 1. The van der Waals surface area contributed by atoms with Crippen LogP contribution >= 0.6 is 15.9 Å². The van der Waals surface area contributed by atoms with Crippen LogP contribution in [0.15, 0.2) is 152 Å². The number of rotatable bonds is 9. The van der Waals surface area contributed by atoms with Crippen LogP contribution < -0.4 is 22.2 Å². The number of carbonyl (C=O) groups is 2. The number of nitrogens with one attached hydrogen (secondary N) is 1. The number of nitrogens with two attached hydrogens (primary N) is 2. The quantitative estimate of drug-likeness (QED) is 0.0780. The van der Waals surface area contributed by atoms with Crippen LogP contribution in [-0.2, 0) is 27.5 Å². The molecule has 1 aliphatic rings. The van der Waals surface area contributed by atoms with Crippen molar-refractivity contribution in [3.8, 4) is 0 Å². The third-order valence-electron chi connectivity index (χ3n) is 10.9. The second kappa shape index (κ2) is 27.2. The van der Waals surface area contributed by atoms with E-state index in [1.807, 2.05) is 64.1 Å². The van der Waals surface area contributed by atoms with Gasteiger partial charge in [-0.1, -0.05) is 70.5 Å². The first-order valence-electron chi connectivity index (χ1n) is 22.8. The summed E-state index contributed by atoms with van der Waals surface area (Å²) in [5.41, 5.74) is 16.3. The topological polar surface area (TPSA) is 227 Å². The predicted octanol–water partition coefficient (Wildman–Crippen LogP) is 9.72. The van der Waals surface area contributed by atoms with Crippen molar-refractivity contribution in [2.75, 3.05) is 16.8 Å². The summed E-state index contributed by atoms with van der Waals surface area (Å²) >= 11 is 3.22. The van der Waals surface area contributed by atoms with Gasteiger partial charge in [-0.3, -0.25) is 4.79 Å². The highest BCUT2D eigenvalue weighted by Gasteiger charge is 2.51. The molecule has 5 aromatic heterocycles. The molecular formula is C54H55BBrF3N10O5. The summed E-state index contributed by atoms with van der Waals surface area (Å²) in [5.74, 6) is 0.419. The lowest BCUT2D eigenvalue weighted by molar-refractivity contribution is 0.00578. The normalized spacial score (nSPS) is 12.7. The third kappa shape index (κ3) is 18.6. The zero-order chi connectivity index (χ0) is 53.8. The number of nitrogen functional groups attached to an aromatic ring is 2. The van der Waals surface area contributed by atoms with E-state index < -0.39 is 5.97 Å². The van der Waals surface area contributed by atoms with Crippen molar-refractivity contribution >= 4 is 57.8 Å². The minimum absolute atomic E-state index is 0.0347. The Labute approximate surface area is 436 Å². The number of alkyl halides is 1. The zero-order valence-corrected chi connectivity index (χ0v) is 43.1. The lowest BCUT2D eigenvalue weighted by atomic mass is 9.80.